The first-order valence-electron chi connectivity index (χ1n) is 7.17. The molecule has 0 fully saturated rings. The number of hydrogen-bond donors (Lipinski definition) is 0. The summed E-state index contributed by atoms with van der Waals surface area (Å²) < 4.78 is 0. The van der Waals surface area contributed by atoms with Crippen LogP contribution in [0.5, 0.6) is 0 Å². The topological polar surface area (TPSA) is 0 Å². The van der Waals surface area contributed by atoms with Gasteiger partial charge in [-0.2, -0.15) is 0 Å². The summed E-state index contributed by atoms with van der Waals surface area (Å²) in [6.45, 7) is 7.06. The summed E-state index contributed by atoms with van der Waals surface area (Å²) in [6.07, 6.45) is 2.38. The molecule has 0 heteroatoms. The summed E-state index contributed by atoms with van der Waals surface area (Å²) in [7, 11) is 0. The fourth-order valence-electron chi connectivity index (χ4n) is 2.97. The SMILES string of the molecule is CC(Cc1ccccc1)CC(C)(C)c1ccccc1. The Kier molecular flexibility index (Phi) is 4.42. The molecule has 0 aliphatic rings. The van der Waals surface area contributed by atoms with Crippen molar-refractivity contribution in [2.24, 2.45) is 5.92 Å². The van der Waals surface area contributed by atoms with E-state index in [1.807, 2.05) is 0 Å². The van der Waals surface area contributed by atoms with E-state index in [1.165, 1.54) is 17.5 Å². The van der Waals surface area contributed by atoms with Crippen LogP contribution in [0, 0.1) is 5.92 Å². The van der Waals surface area contributed by atoms with Crippen LogP contribution in [0.3, 0.4) is 0 Å². The Labute approximate surface area is 117 Å². The summed E-state index contributed by atoms with van der Waals surface area (Å²) in [4.78, 5) is 0. The molecule has 1 unspecified atom stereocenters. The van der Waals surface area contributed by atoms with Crippen molar-refractivity contribution in [3.63, 3.8) is 0 Å². The average molecular weight is 252 g/mol. The lowest BCUT2D eigenvalue weighted by Crippen LogP contribution is -2.21. The largest absolute Gasteiger partial charge is 0.0622 e. The van der Waals surface area contributed by atoms with E-state index in [0.29, 0.717) is 5.92 Å². The van der Waals surface area contributed by atoms with Crippen LogP contribution in [-0.4, -0.2) is 0 Å². The van der Waals surface area contributed by atoms with Gasteiger partial charge in [0.05, 0.1) is 0 Å². The van der Waals surface area contributed by atoms with Gasteiger partial charge in [0.1, 0.15) is 0 Å². The summed E-state index contributed by atoms with van der Waals surface area (Å²) in [5, 5.41) is 0. The Morgan fingerprint density at radius 1 is 0.842 bits per heavy atom. The van der Waals surface area contributed by atoms with Crippen LogP contribution in [0.1, 0.15) is 38.3 Å². The molecule has 0 amide bonds. The Morgan fingerprint density at radius 2 is 1.37 bits per heavy atom. The van der Waals surface area contributed by atoms with Gasteiger partial charge >= 0.3 is 0 Å². The third-order valence-electron chi connectivity index (χ3n) is 3.84. The van der Waals surface area contributed by atoms with Gasteiger partial charge in [0, 0.05) is 0 Å². The maximum absolute atomic E-state index is 2.36. The van der Waals surface area contributed by atoms with Crippen molar-refractivity contribution in [1.82, 2.24) is 0 Å². The van der Waals surface area contributed by atoms with Gasteiger partial charge in [0.25, 0.3) is 0 Å². The maximum Gasteiger partial charge on any atom is -0.0101 e. The van der Waals surface area contributed by atoms with Crippen molar-refractivity contribution in [2.45, 2.75) is 39.0 Å². The van der Waals surface area contributed by atoms with E-state index in [1.54, 1.807) is 0 Å². The molecule has 0 N–H and O–H groups in total. The molecule has 2 rings (SSSR count). The summed E-state index contributed by atoms with van der Waals surface area (Å²) >= 11 is 0. The normalized spacial score (nSPS) is 13.2. The molecule has 0 aliphatic carbocycles. The van der Waals surface area contributed by atoms with Crippen molar-refractivity contribution < 1.29 is 0 Å². The van der Waals surface area contributed by atoms with Crippen LogP contribution in [0.2, 0.25) is 0 Å². The standard InChI is InChI=1S/C19H24/c1-16(14-17-10-6-4-7-11-17)15-19(2,3)18-12-8-5-9-13-18/h4-13,16H,14-15H2,1-3H3. The van der Waals surface area contributed by atoms with E-state index in [2.05, 4.69) is 81.4 Å². The van der Waals surface area contributed by atoms with Crippen molar-refractivity contribution in [2.75, 3.05) is 0 Å². The molecule has 19 heavy (non-hydrogen) atoms. The van der Waals surface area contributed by atoms with Gasteiger partial charge in [0.15, 0.2) is 0 Å². The molecule has 1 atom stereocenters. The highest BCUT2D eigenvalue weighted by Crippen LogP contribution is 2.31. The Balaban J connectivity index is 2.00. The molecule has 0 saturated carbocycles. The van der Waals surface area contributed by atoms with E-state index < -0.39 is 0 Å². The zero-order valence-electron chi connectivity index (χ0n) is 12.3. The summed E-state index contributed by atoms with van der Waals surface area (Å²) in [6, 6.07) is 21.7. The van der Waals surface area contributed by atoms with Crippen molar-refractivity contribution >= 4 is 0 Å². The Bertz CT molecular complexity index is 482. The summed E-state index contributed by atoms with van der Waals surface area (Å²) in [5.41, 5.74) is 3.13. The molecule has 0 nitrogen and oxygen atoms in total. The molecule has 0 spiro atoms. The summed E-state index contributed by atoms with van der Waals surface area (Å²) in [5.74, 6) is 0.692. The highest BCUT2D eigenvalue weighted by atomic mass is 14.3. The first-order chi connectivity index (χ1) is 9.08. The van der Waals surface area contributed by atoms with E-state index in [-0.39, 0.29) is 5.41 Å². The van der Waals surface area contributed by atoms with Gasteiger partial charge < -0.3 is 0 Å². The van der Waals surface area contributed by atoms with E-state index in [4.69, 9.17) is 0 Å². The molecule has 100 valence electrons. The van der Waals surface area contributed by atoms with E-state index in [0.717, 1.165) is 6.42 Å². The fourth-order valence-corrected chi connectivity index (χ4v) is 2.97. The van der Waals surface area contributed by atoms with Gasteiger partial charge in [0.2, 0.25) is 0 Å². The zero-order valence-corrected chi connectivity index (χ0v) is 12.3. The van der Waals surface area contributed by atoms with Gasteiger partial charge in [-0.1, -0.05) is 81.4 Å². The highest BCUT2D eigenvalue weighted by molar-refractivity contribution is 5.23. The molecule has 0 heterocycles. The van der Waals surface area contributed by atoms with Gasteiger partial charge in [-0.3, -0.25) is 0 Å². The minimum absolute atomic E-state index is 0.245. The van der Waals surface area contributed by atoms with Crippen LogP contribution in [0.4, 0.5) is 0 Å². The molecule has 0 aromatic heterocycles. The van der Waals surface area contributed by atoms with Crippen LogP contribution < -0.4 is 0 Å². The second-order valence-corrected chi connectivity index (χ2v) is 6.25. The van der Waals surface area contributed by atoms with Gasteiger partial charge in [-0.15, -0.1) is 0 Å². The van der Waals surface area contributed by atoms with Crippen LogP contribution in [0.25, 0.3) is 0 Å². The fraction of sp³-hybridized carbons (Fsp3) is 0.368. The quantitative estimate of drug-likeness (QED) is 0.683. The van der Waals surface area contributed by atoms with Crippen molar-refractivity contribution in [1.29, 1.82) is 0 Å². The van der Waals surface area contributed by atoms with Crippen molar-refractivity contribution in [3.05, 3.63) is 71.8 Å². The first-order valence-corrected chi connectivity index (χ1v) is 7.17. The second-order valence-electron chi connectivity index (χ2n) is 6.25. The third kappa shape index (κ3) is 3.96. The predicted octanol–water partition coefficient (Wildman–Crippen LogP) is 5.23. The minimum atomic E-state index is 0.245. The number of hydrogen-bond acceptors (Lipinski definition) is 0. The molecule has 0 saturated heterocycles. The van der Waals surface area contributed by atoms with Crippen LogP contribution >= 0.6 is 0 Å². The highest BCUT2D eigenvalue weighted by Gasteiger charge is 2.23. The van der Waals surface area contributed by atoms with Gasteiger partial charge in [-0.05, 0) is 35.3 Å². The average Bonchev–Trinajstić information content (AvgIpc) is 2.40. The molecule has 0 radical (unpaired) electrons. The molecular weight excluding hydrogens is 228 g/mol. The van der Waals surface area contributed by atoms with Crippen LogP contribution in [0.15, 0.2) is 60.7 Å². The first kappa shape index (κ1) is 13.9. The number of rotatable bonds is 5. The lowest BCUT2D eigenvalue weighted by atomic mass is 9.76. The maximum atomic E-state index is 2.36. The minimum Gasteiger partial charge on any atom is -0.0622 e. The second kappa shape index (κ2) is 6.06. The zero-order chi connectivity index (χ0) is 13.7. The van der Waals surface area contributed by atoms with E-state index >= 15 is 0 Å². The smallest absolute Gasteiger partial charge is 0.0101 e. The predicted molar refractivity (Wildman–Crippen MR) is 83.4 cm³/mol. The molecule has 2 aromatic rings. The molecular formula is C19H24. The van der Waals surface area contributed by atoms with Crippen molar-refractivity contribution in [3.8, 4) is 0 Å². The Hall–Kier alpha value is -1.56. The monoisotopic (exact) mass is 252 g/mol. The molecule has 0 bridgehead atoms. The Morgan fingerprint density at radius 3 is 1.95 bits per heavy atom. The lowest BCUT2D eigenvalue weighted by Gasteiger charge is -2.29. The van der Waals surface area contributed by atoms with Crippen LogP contribution in [-0.2, 0) is 11.8 Å². The van der Waals surface area contributed by atoms with E-state index in [9.17, 15) is 0 Å². The molecule has 0 aliphatic heterocycles. The molecule has 2 aromatic carbocycles. The third-order valence-corrected chi connectivity index (χ3v) is 3.84. The number of benzene rings is 2. The lowest BCUT2D eigenvalue weighted by molar-refractivity contribution is 0.378. The van der Waals surface area contributed by atoms with Gasteiger partial charge in [-0.25, -0.2) is 0 Å².